The Kier molecular flexibility index (Phi) is 25.0. The van der Waals surface area contributed by atoms with Gasteiger partial charge >= 0.3 is 109 Å². The van der Waals surface area contributed by atoms with Gasteiger partial charge in [0.15, 0.2) is 0 Å². The van der Waals surface area contributed by atoms with Crippen LogP contribution in [0.1, 0.15) is 6.92 Å². The molecule has 48 valence electrons. The topological polar surface area (TPSA) is 37.3 Å². The average molecular weight is 192 g/mol. The first-order chi connectivity index (χ1) is 3.77. The number of allylic oxidation sites excluding steroid dienone is 3. The number of carboxylic acid groups (broad SMARTS) is 1. The Labute approximate surface area is 146 Å². The molecule has 0 aromatic heterocycles. The SMILES string of the molecule is CC=CC=CC(=O)O.[KH].[KH]. The monoisotopic (exact) mass is 192 g/mol. The zero-order chi connectivity index (χ0) is 6.41. The Hall–Kier alpha value is 2.22. The summed E-state index contributed by atoms with van der Waals surface area (Å²) in [7, 11) is 0. The summed E-state index contributed by atoms with van der Waals surface area (Å²) in [6, 6.07) is 0. The molecule has 0 saturated heterocycles. The van der Waals surface area contributed by atoms with Crippen molar-refractivity contribution in [1.29, 1.82) is 0 Å². The van der Waals surface area contributed by atoms with Gasteiger partial charge in [0.25, 0.3) is 0 Å². The molecule has 4 heteroatoms. The van der Waals surface area contributed by atoms with Crippen molar-refractivity contribution in [2.24, 2.45) is 0 Å². The molecular weight excluding hydrogens is 182 g/mol. The predicted octanol–water partition coefficient (Wildman–Crippen LogP) is -0.0937. The molecule has 0 spiro atoms. The van der Waals surface area contributed by atoms with Crippen molar-refractivity contribution in [2.75, 3.05) is 0 Å². The van der Waals surface area contributed by atoms with Crippen LogP contribution in [0.4, 0.5) is 0 Å². The van der Waals surface area contributed by atoms with Crippen LogP contribution in [-0.2, 0) is 4.79 Å². The molecule has 0 aliphatic heterocycles. The number of rotatable bonds is 2. The number of hydrogen-bond donors (Lipinski definition) is 1. The van der Waals surface area contributed by atoms with E-state index in [4.69, 9.17) is 5.11 Å². The van der Waals surface area contributed by atoms with Gasteiger partial charge in [-0.1, -0.05) is 18.2 Å². The number of carboxylic acids is 1. The van der Waals surface area contributed by atoms with Crippen LogP contribution in [0.5, 0.6) is 0 Å². The van der Waals surface area contributed by atoms with Crippen LogP contribution in [0.25, 0.3) is 0 Å². The van der Waals surface area contributed by atoms with Gasteiger partial charge < -0.3 is 5.11 Å². The van der Waals surface area contributed by atoms with Gasteiger partial charge in [0.1, 0.15) is 0 Å². The number of hydrogen-bond acceptors (Lipinski definition) is 1. The fraction of sp³-hybridized carbons (Fsp3) is 0.167. The van der Waals surface area contributed by atoms with Crippen molar-refractivity contribution >= 4 is 109 Å². The molecule has 0 aliphatic rings. The van der Waals surface area contributed by atoms with Crippen molar-refractivity contribution in [2.45, 2.75) is 6.92 Å². The van der Waals surface area contributed by atoms with Crippen molar-refractivity contribution in [3.8, 4) is 0 Å². The average Bonchev–Trinajstić information content (AvgIpc) is 1.66. The van der Waals surface area contributed by atoms with Gasteiger partial charge in [-0.05, 0) is 6.92 Å². The molecule has 2 nitrogen and oxygen atoms in total. The summed E-state index contributed by atoms with van der Waals surface area (Å²) in [6.45, 7) is 1.83. The molecule has 0 amide bonds. The Morgan fingerprint density at radius 1 is 1.30 bits per heavy atom. The van der Waals surface area contributed by atoms with Crippen LogP contribution < -0.4 is 0 Å². The fourth-order valence-electron chi connectivity index (χ4n) is 0.249. The molecular formula is C6H10K2O2. The summed E-state index contributed by atoms with van der Waals surface area (Å²) in [5, 5.41) is 8.02. The van der Waals surface area contributed by atoms with Gasteiger partial charge in [0.05, 0.1) is 0 Å². The second-order valence-corrected chi connectivity index (χ2v) is 1.22. The van der Waals surface area contributed by atoms with Crippen molar-refractivity contribution in [3.63, 3.8) is 0 Å². The second-order valence-electron chi connectivity index (χ2n) is 1.22. The normalized spacial score (nSPS) is 8.90. The summed E-state index contributed by atoms with van der Waals surface area (Å²) < 4.78 is 0. The standard InChI is InChI=1S/C6H8O2.2K.2H/c1-2-3-4-5-6(7)8;;;;/h2-5H,1H3,(H,7,8);;;;. The van der Waals surface area contributed by atoms with Crippen molar-refractivity contribution < 1.29 is 9.90 Å². The van der Waals surface area contributed by atoms with Gasteiger partial charge in [-0.3, -0.25) is 0 Å². The van der Waals surface area contributed by atoms with Crippen LogP contribution in [0.2, 0.25) is 0 Å². The van der Waals surface area contributed by atoms with E-state index >= 15 is 0 Å². The Balaban J connectivity index is -0.000000245. The second kappa shape index (κ2) is 13.8. The predicted molar refractivity (Wildman–Crippen MR) is 45.9 cm³/mol. The first-order valence-electron chi connectivity index (χ1n) is 2.29. The van der Waals surface area contributed by atoms with Crippen molar-refractivity contribution in [3.05, 3.63) is 24.3 Å². The van der Waals surface area contributed by atoms with E-state index in [9.17, 15) is 4.79 Å². The van der Waals surface area contributed by atoms with Crippen LogP contribution >= 0.6 is 0 Å². The van der Waals surface area contributed by atoms with E-state index in [1.807, 2.05) is 6.92 Å². The maximum absolute atomic E-state index is 9.75. The third-order valence-electron chi connectivity index (χ3n) is 0.542. The molecule has 0 radical (unpaired) electrons. The molecule has 0 fully saturated rings. The molecule has 0 bridgehead atoms. The third kappa shape index (κ3) is 16.7. The van der Waals surface area contributed by atoms with Gasteiger partial charge in [0.2, 0.25) is 0 Å². The molecule has 0 aromatic rings. The van der Waals surface area contributed by atoms with E-state index in [0.717, 1.165) is 6.08 Å². The summed E-state index contributed by atoms with van der Waals surface area (Å²) in [5.41, 5.74) is 0. The molecule has 0 unspecified atom stereocenters. The summed E-state index contributed by atoms with van der Waals surface area (Å²) in [6.07, 6.45) is 5.98. The minimum atomic E-state index is -0.914. The fourth-order valence-corrected chi connectivity index (χ4v) is 0.249. The van der Waals surface area contributed by atoms with E-state index in [1.54, 1.807) is 12.2 Å². The molecule has 0 aromatic carbocycles. The summed E-state index contributed by atoms with van der Waals surface area (Å²) in [5.74, 6) is -0.914. The van der Waals surface area contributed by atoms with E-state index in [1.165, 1.54) is 6.08 Å². The van der Waals surface area contributed by atoms with Crippen LogP contribution in [0.3, 0.4) is 0 Å². The van der Waals surface area contributed by atoms with E-state index < -0.39 is 5.97 Å². The molecule has 0 saturated carbocycles. The zero-order valence-electron chi connectivity index (χ0n) is 4.66. The van der Waals surface area contributed by atoms with E-state index in [-0.39, 0.29) is 103 Å². The summed E-state index contributed by atoms with van der Waals surface area (Å²) >= 11 is 0. The molecule has 0 rings (SSSR count). The third-order valence-corrected chi connectivity index (χ3v) is 0.542. The van der Waals surface area contributed by atoms with E-state index in [0.29, 0.717) is 0 Å². The van der Waals surface area contributed by atoms with Crippen LogP contribution in [0.15, 0.2) is 24.3 Å². The molecule has 10 heavy (non-hydrogen) atoms. The zero-order valence-corrected chi connectivity index (χ0v) is 4.66. The first kappa shape index (κ1) is 18.1. The van der Waals surface area contributed by atoms with Gasteiger partial charge in [-0.15, -0.1) is 0 Å². The molecule has 1 N–H and O–H groups in total. The van der Waals surface area contributed by atoms with Crippen LogP contribution in [0, 0.1) is 0 Å². The molecule has 0 atom stereocenters. The molecule has 0 heterocycles. The van der Waals surface area contributed by atoms with E-state index in [2.05, 4.69) is 0 Å². The van der Waals surface area contributed by atoms with Crippen LogP contribution in [-0.4, -0.2) is 114 Å². The Morgan fingerprint density at radius 2 is 1.80 bits per heavy atom. The number of aliphatic carboxylic acids is 1. The quantitative estimate of drug-likeness (QED) is 0.377. The van der Waals surface area contributed by atoms with Gasteiger partial charge in [-0.25, -0.2) is 4.79 Å². The van der Waals surface area contributed by atoms with Gasteiger partial charge in [0, 0.05) is 6.08 Å². The first-order valence-corrected chi connectivity index (χ1v) is 2.29. The maximum atomic E-state index is 9.75. The van der Waals surface area contributed by atoms with Crippen molar-refractivity contribution in [1.82, 2.24) is 0 Å². The van der Waals surface area contributed by atoms with Gasteiger partial charge in [-0.2, -0.15) is 0 Å². The Bertz CT molecular complexity index is 130. The summed E-state index contributed by atoms with van der Waals surface area (Å²) in [4.78, 5) is 9.75. The molecule has 0 aliphatic carbocycles. The minimum absolute atomic E-state index is 0. The Morgan fingerprint density at radius 3 is 2.10 bits per heavy atom. The number of carbonyl (C=O) groups is 1.